The first-order valence-corrected chi connectivity index (χ1v) is 11.7. The summed E-state index contributed by atoms with van der Waals surface area (Å²) in [6.45, 7) is 11.5. The normalized spacial score (nSPS) is 27.7. The number of likely N-dealkylation sites (tertiary alicyclic amines) is 1. The monoisotopic (exact) mass is 435 g/mol. The first-order valence-electron chi connectivity index (χ1n) is 11.7. The van der Waals surface area contributed by atoms with Crippen LogP contribution in [-0.4, -0.2) is 80.2 Å². The zero-order chi connectivity index (χ0) is 22.0. The van der Waals surface area contributed by atoms with Gasteiger partial charge >= 0.3 is 0 Å². The third-order valence-corrected chi connectivity index (χ3v) is 6.92. The van der Waals surface area contributed by atoms with Gasteiger partial charge in [0.05, 0.1) is 11.8 Å². The van der Waals surface area contributed by atoms with Crippen molar-refractivity contribution in [1.29, 1.82) is 0 Å². The highest BCUT2D eigenvalue weighted by atomic mass is 19.1. The maximum Gasteiger partial charge on any atom is 0.167 e. The van der Waals surface area contributed by atoms with Crippen molar-refractivity contribution >= 4 is 11.5 Å². The van der Waals surface area contributed by atoms with E-state index >= 15 is 0 Å². The van der Waals surface area contributed by atoms with Crippen molar-refractivity contribution in [1.82, 2.24) is 9.80 Å². The lowest BCUT2D eigenvalue weighted by Gasteiger charge is -2.37. The molecule has 1 aromatic carbocycles. The lowest BCUT2D eigenvalue weighted by atomic mass is 9.80. The molecule has 3 atom stereocenters. The molecule has 2 aliphatic heterocycles. The van der Waals surface area contributed by atoms with Crippen molar-refractivity contribution in [3.63, 3.8) is 0 Å². The van der Waals surface area contributed by atoms with Crippen LogP contribution in [0.15, 0.2) is 18.2 Å². The first-order chi connectivity index (χ1) is 14.9. The third kappa shape index (κ3) is 5.55. The largest absolute Gasteiger partial charge is 0.489 e. The summed E-state index contributed by atoms with van der Waals surface area (Å²) in [6.07, 6.45) is 0.738. The Morgan fingerprint density at radius 2 is 1.77 bits per heavy atom. The summed E-state index contributed by atoms with van der Waals surface area (Å²) in [6, 6.07) is 4.76. The van der Waals surface area contributed by atoms with Crippen LogP contribution in [-0.2, 0) is 4.79 Å². The molecule has 3 fully saturated rings. The van der Waals surface area contributed by atoms with Gasteiger partial charge in [0.15, 0.2) is 12.0 Å². The Morgan fingerprint density at radius 1 is 1.06 bits per heavy atom. The summed E-state index contributed by atoms with van der Waals surface area (Å²) in [5, 5.41) is 0. The van der Waals surface area contributed by atoms with Crippen LogP contribution in [0, 0.1) is 17.7 Å². The molecule has 7 heteroatoms. The number of halogens is 2. The molecule has 31 heavy (non-hydrogen) atoms. The van der Waals surface area contributed by atoms with E-state index in [9.17, 15) is 13.6 Å². The van der Waals surface area contributed by atoms with E-state index in [0.717, 1.165) is 70.2 Å². The molecule has 0 amide bonds. The van der Waals surface area contributed by atoms with Crippen molar-refractivity contribution in [3.8, 4) is 5.75 Å². The number of hydrogen-bond donors (Lipinski definition) is 0. The van der Waals surface area contributed by atoms with E-state index in [4.69, 9.17) is 4.74 Å². The minimum Gasteiger partial charge on any atom is -0.489 e. The van der Waals surface area contributed by atoms with Gasteiger partial charge in [-0.2, -0.15) is 0 Å². The maximum absolute atomic E-state index is 13.8. The van der Waals surface area contributed by atoms with Crippen LogP contribution >= 0.6 is 0 Å². The molecule has 3 aliphatic rings. The van der Waals surface area contributed by atoms with Crippen molar-refractivity contribution in [2.75, 3.05) is 57.3 Å². The minimum absolute atomic E-state index is 0.0498. The zero-order valence-corrected chi connectivity index (χ0v) is 18.7. The van der Waals surface area contributed by atoms with E-state index < -0.39 is 6.17 Å². The molecule has 5 nitrogen and oxygen atoms in total. The standard InChI is InChI=1S/C24H35F2N3O2/c1-17(2)31-24-5-4-20(25)14-22(24)29-10-8-27(9-11-29)6-3-7-28-15-18-12-21(26)23(30)13-19(18)16-28/h4-5,14,17-19,21H,3,6-13,15-16H2,1-2H3. The summed E-state index contributed by atoms with van der Waals surface area (Å²) >= 11 is 0. The number of rotatable bonds is 7. The fraction of sp³-hybridized carbons (Fsp3) is 0.708. The van der Waals surface area contributed by atoms with Gasteiger partial charge in [-0.25, -0.2) is 8.78 Å². The van der Waals surface area contributed by atoms with E-state index in [1.807, 2.05) is 13.8 Å². The van der Waals surface area contributed by atoms with Gasteiger partial charge in [0, 0.05) is 51.8 Å². The summed E-state index contributed by atoms with van der Waals surface area (Å²) in [5.74, 6) is 1.03. The van der Waals surface area contributed by atoms with Crippen LogP contribution in [0.4, 0.5) is 14.5 Å². The van der Waals surface area contributed by atoms with Crippen molar-refractivity contribution in [3.05, 3.63) is 24.0 Å². The molecular formula is C24H35F2N3O2. The third-order valence-electron chi connectivity index (χ3n) is 6.92. The molecule has 2 saturated heterocycles. The maximum atomic E-state index is 13.8. The highest BCUT2D eigenvalue weighted by molar-refractivity contribution is 5.84. The Bertz CT molecular complexity index is 767. The number of alkyl halides is 1. The Hall–Kier alpha value is -1.73. The number of carbonyl (C=O) groups is 1. The van der Waals surface area contributed by atoms with Gasteiger partial charge in [0.2, 0.25) is 0 Å². The van der Waals surface area contributed by atoms with Crippen LogP contribution in [0.1, 0.15) is 33.1 Å². The number of fused-ring (bicyclic) bond motifs is 1. The predicted octanol–water partition coefficient (Wildman–Crippen LogP) is 3.37. The first kappa shape index (κ1) is 22.5. The smallest absolute Gasteiger partial charge is 0.167 e. The van der Waals surface area contributed by atoms with E-state index in [0.29, 0.717) is 24.7 Å². The van der Waals surface area contributed by atoms with Crippen LogP contribution < -0.4 is 9.64 Å². The van der Waals surface area contributed by atoms with Gasteiger partial charge in [-0.1, -0.05) is 0 Å². The minimum atomic E-state index is -1.23. The number of anilines is 1. The molecule has 1 saturated carbocycles. The molecule has 0 aromatic heterocycles. The van der Waals surface area contributed by atoms with E-state index in [-0.39, 0.29) is 17.7 Å². The van der Waals surface area contributed by atoms with Crippen LogP contribution in [0.2, 0.25) is 0 Å². The molecule has 1 aliphatic carbocycles. The van der Waals surface area contributed by atoms with Crippen molar-refractivity contribution in [2.24, 2.45) is 11.8 Å². The topological polar surface area (TPSA) is 36.0 Å². The molecule has 2 heterocycles. The van der Waals surface area contributed by atoms with Gasteiger partial charge < -0.3 is 14.5 Å². The van der Waals surface area contributed by atoms with Crippen LogP contribution in [0.5, 0.6) is 5.75 Å². The number of piperazine rings is 1. The lowest BCUT2D eigenvalue weighted by Crippen LogP contribution is -2.47. The van der Waals surface area contributed by atoms with E-state index in [1.165, 1.54) is 6.07 Å². The molecule has 0 bridgehead atoms. The predicted molar refractivity (Wildman–Crippen MR) is 118 cm³/mol. The average Bonchev–Trinajstić information content (AvgIpc) is 3.11. The highest BCUT2D eigenvalue weighted by Gasteiger charge is 2.41. The van der Waals surface area contributed by atoms with Crippen molar-refractivity contribution in [2.45, 2.75) is 45.4 Å². The Balaban J connectivity index is 1.21. The van der Waals surface area contributed by atoms with Crippen molar-refractivity contribution < 1.29 is 18.3 Å². The quantitative estimate of drug-likeness (QED) is 0.656. The summed E-state index contributed by atoms with van der Waals surface area (Å²) in [5.41, 5.74) is 0.841. The fourth-order valence-corrected chi connectivity index (χ4v) is 5.32. The zero-order valence-electron chi connectivity index (χ0n) is 18.7. The number of ketones is 1. The number of nitrogens with zero attached hydrogens (tertiary/aromatic N) is 3. The van der Waals surface area contributed by atoms with Crippen LogP contribution in [0.25, 0.3) is 0 Å². The summed E-state index contributed by atoms with van der Waals surface area (Å²) in [7, 11) is 0. The number of carbonyl (C=O) groups excluding carboxylic acids is 1. The second-order valence-electron chi connectivity index (χ2n) is 9.61. The van der Waals surface area contributed by atoms with E-state index in [1.54, 1.807) is 12.1 Å². The summed E-state index contributed by atoms with van der Waals surface area (Å²) in [4.78, 5) is 18.7. The SMILES string of the molecule is CC(C)Oc1ccc(F)cc1N1CCN(CCCN2CC3CC(=O)C(F)CC3C2)CC1. The fourth-order valence-electron chi connectivity index (χ4n) is 5.32. The van der Waals surface area contributed by atoms with Gasteiger partial charge in [0.25, 0.3) is 0 Å². The van der Waals surface area contributed by atoms with Gasteiger partial charge in [0.1, 0.15) is 11.6 Å². The Morgan fingerprint density at radius 3 is 2.52 bits per heavy atom. The van der Waals surface area contributed by atoms with Gasteiger partial charge in [-0.05, 0) is 63.7 Å². The number of Topliss-reactive ketones (excluding diaryl/α,β-unsaturated/α-hetero) is 1. The molecule has 0 spiro atoms. The molecule has 1 aromatic rings. The summed E-state index contributed by atoms with van der Waals surface area (Å²) < 4.78 is 33.4. The second kappa shape index (κ2) is 9.82. The lowest BCUT2D eigenvalue weighted by molar-refractivity contribution is -0.127. The molecule has 3 unspecified atom stereocenters. The Labute approximate surface area is 184 Å². The van der Waals surface area contributed by atoms with Gasteiger partial charge in [-0.3, -0.25) is 9.69 Å². The number of hydrogen-bond acceptors (Lipinski definition) is 5. The number of ether oxygens (including phenoxy) is 1. The van der Waals surface area contributed by atoms with E-state index in [2.05, 4.69) is 14.7 Å². The molecular weight excluding hydrogens is 400 g/mol. The Kier molecular flexibility index (Phi) is 7.12. The molecule has 0 N–H and O–H groups in total. The average molecular weight is 436 g/mol. The van der Waals surface area contributed by atoms with Crippen LogP contribution in [0.3, 0.4) is 0 Å². The van der Waals surface area contributed by atoms with Gasteiger partial charge in [-0.15, -0.1) is 0 Å². The highest BCUT2D eigenvalue weighted by Crippen LogP contribution is 2.36. The molecule has 4 rings (SSSR count). The second-order valence-corrected chi connectivity index (χ2v) is 9.61. The molecule has 172 valence electrons. The number of benzene rings is 1. The molecule has 0 radical (unpaired) electrons.